The molecule has 1 atom stereocenters. The van der Waals surface area contributed by atoms with Gasteiger partial charge in [0.05, 0.1) is 18.7 Å². The van der Waals surface area contributed by atoms with Crippen LogP contribution < -0.4 is 14.2 Å². The fourth-order valence-corrected chi connectivity index (χ4v) is 5.78. The lowest BCUT2D eigenvalue weighted by atomic mass is 9.95. The van der Waals surface area contributed by atoms with Gasteiger partial charge < -0.3 is 29.1 Å². The van der Waals surface area contributed by atoms with Crippen molar-refractivity contribution in [2.75, 3.05) is 33.3 Å². The van der Waals surface area contributed by atoms with E-state index >= 15 is 0 Å². The molecule has 0 aromatic heterocycles. The topological polar surface area (TPSA) is 88.5 Å². The van der Waals surface area contributed by atoms with Gasteiger partial charge in [-0.3, -0.25) is 9.59 Å². The Kier molecular flexibility index (Phi) is 11.3. The molecular formula is C39H42N2O6. The lowest BCUT2D eigenvalue weighted by molar-refractivity contribution is -0.140. The van der Waals surface area contributed by atoms with Crippen molar-refractivity contribution in [2.45, 2.75) is 39.5 Å². The van der Waals surface area contributed by atoms with Crippen molar-refractivity contribution in [3.05, 3.63) is 131 Å². The van der Waals surface area contributed by atoms with Crippen LogP contribution in [0.4, 0.5) is 0 Å². The van der Waals surface area contributed by atoms with E-state index < -0.39 is 17.7 Å². The highest BCUT2D eigenvalue weighted by atomic mass is 16.5. The van der Waals surface area contributed by atoms with E-state index in [1.807, 2.05) is 66.7 Å². The minimum absolute atomic E-state index is 0.0378. The lowest BCUT2D eigenvalue weighted by Crippen LogP contribution is -2.33. The number of nitrogens with zero attached hydrogens (tertiary/aromatic N) is 2. The van der Waals surface area contributed by atoms with Crippen molar-refractivity contribution < 1.29 is 28.9 Å². The summed E-state index contributed by atoms with van der Waals surface area (Å²) in [7, 11) is 1.55. The number of Topliss-reactive ketones (excluding diaryl/α,β-unsaturated/α-hetero) is 1. The third-order valence-electron chi connectivity index (χ3n) is 8.42. The molecule has 8 nitrogen and oxygen atoms in total. The number of aliphatic hydroxyl groups excluding tert-OH is 1. The number of likely N-dealkylation sites (tertiary alicyclic amines) is 1. The van der Waals surface area contributed by atoms with Crippen LogP contribution in [-0.4, -0.2) is 59.9 Å². The summed E-state index contributed by atoms with van der Waals surface area (Å²) in [6.07, 6.45) is 0.675. The smallest absolute Gasteiger partial charge is 0.295 e. The minimum atomic E-state index is -0.808. The fourth-order valence-electron chi connectivity index (χ4n) is 5.78. The second kappa shape index (κ2) is 16.0. The van der Waals surface area contributed by atoms with E-state index in [9.17, 15) is 14.7 Å². The molecule has 8 heteroatoms. The molecular weight excluding hydrogens is 592 g/mol. The van der Waals surface area contributed by atoms with Crippen molar-refractivity contribution in [3.8, 4) is 17.2 Å². The summed E-state index contributed by atoms with van der Waals surface area (Å²) in [6.45, 7) is 7.87. The first-order valence-corrected chi connectivity index (χ1v) is 16.1. The summed E-state index contributed by atoms with van der Waals surface area (Å²) in [5, 5.41) is 11.6. The van der Waals surface area contributed by atoms with Crippen LogP contribution in [0.25, 0.3) is 5.76 Å². The molecule has 1 aliphatic rings. The maximum Gasteiger partial charge on any atom is 0.295 e. The average Bonchev–Trinajstić information content (AvgIpc) is 3.37. The quantitative estimate of drug-likeness (QED) is 0.0855. The molecule has 4 aromatic carbocycles. The summed E-state index contributed by atoms with van der Waals surface area (Å²) in [4.78, 5) is 31.0. The Morgan fingerprint density at radius 1 is 0.787 bits per heavy atom. The first-order valence-electron chi connectivity index (χ1n) is 16.1. The molecule has 1 heterocycles. The number of aliphatic hydroxyl groups is 1. The Labute approximate surface area is 276 Å². The number of ether oxygens (including phenoxy) is 3. The number of carbonyl (C=O) groups excluding carboxylic acids is 2. The predicted octanol–water partition coefficient (Wildman–Crippen LogP) is 7.01. The maximum atomic E-state index is 13.6. The van der Waals surface area contributed by atoms with E-state index in [0.29, 0.717) is 54.6 Å². The predicted molar refractivity (Wildman–Crippen MR) is 182 cm³/mol. The number of rotatable bonds is 15. The molecule has 1 amide bonds. The third kappa shape index (κ3) is 8.02. The standard InChI is InChI=1S/C39H42N2O6/c1-4-40(5-2)23-12-24-41-36(31-19-22-33(34(25-31)45-3)47-27-29-15-10-7-11-16-29)35(38(43)39(41)44)37(42)30-17-20-32(21-18-30)46-26-28-13-8-6-9-14-28/h6-11,13-22,25,36,42H,4-5,12,23-24,26-27H2,1-3H3/t36-/m1/s1. The van der Waals surface area contributed by atoms with Crippen LogP contribution in [0.15, 0.2) is 109 Å². The zero-order valence-electron chi connectivity index (χ0n) is 27.2. The minimum Gasteiger partial charge on any atom is -0.507 e. The third-order valence-corrected chi connectivity index (χ3v) is 8.42. The molecule has 1 saturated heterocycles. The number of hydrogen-bond donors (Lipinski definition) is 1. The lowest BCUT2D eigenvalue weighted by Gasteiger charge is -2.27. The summed E-state index contributed by atoms with van der Waals surface area (Å²) < 4.78 is 17.7. The number of amides is 1. The van der Waals surface area contributed by atoms with Gasteiger partial charge >= 0.3 is 0 Å². The first-order chi connectivity index (χ1) is 22.9. The van der Waals surface area contributed by atoms with Gasteiger partial charge in [-0.2, -0.15) is 0 Å². The Bertz CT molecular complexity index is 1670. The van der Waals surface area contributed by atoms with Gasteiger partial charge in [0.2, 0.25) is 0 Å². The van der Waals surface area contributed by atoms with Gasteiger partial charge in [-0.1, -0.05) is 80.6 Å². The Balaban J connectivity index is 1.45. The van der Waals surface area contributed by atoms with Crippen LogP contribution in [0.3, 0.4) is 0 Å². The molecule has 47 heavy (non-hydrogen) atoms. The molecule has 5 rings (SSSR count). The molecule has 1 aliphatic heterocycles. The molecule has 0 unspecified atom stereocenters. The van der Waals surface area contributed by atoms with Crippen LogP contribution in [0.5, 0.6) is 17.2 Å². The van der Waals surface area contributed by atoms with E-state index in [-0.39, 0.29) is 11.3 Å². The summed E-state index contributed by atoms with van der Waals surface area (Å²) in [5.74, 6) is 0.0226. The van der Waals surface area contributed by atoms with Gasteiger partial charge in [-0.25, -0.2) is 0 Å². The van der Waals surface area contributed by atoms with Crippen molar-refractivity contribution in [1.82, 2.24) is 9.80 Å². The molecule has 4 aromatic rings. The fraction of sp³-hybridized carbons (Fsp3) is 0.282. The van der Waals surface area contributed by atoms with E-state index in [0.717, 1.165) is 30.8 Å². The second-order valence-electron chi connectivity index (χ2n) is 11.4. The van der Waals surface area contributed by atoms with Crippen LogP contribution in [-0.2, 0) is 22.8 Å². The van der Waals surface area contributed by atoms with E-state index in [1.165, 1.54) is 0 Å². The largest absolute Gasteiger partial charge is 0.507 e. The Morgan fingerprint density at radius 3 is 2.00 bits per heavy atom. The second-order valence-corrected chi connectivity index (χ2v) is 11.4. The molecule has 0 radical (unpaired) electrons. The van der Waals surface area contributed by atoms with Gasteiger partial charge in [-0.05, 0) is 79.1 Å². The van der Waals surface area contributed by atoms with Crippen LogP contribution >= 0.6 is 0 Å². The van der Waals surface area contributed by atoms with Crippen molar-refractivity contribution >= 4 is 17.4 Å². The molecule has 0 bridgehead atoms. The molecule has 0 saturated carbocycles. The number of benzene rings is 4. The van der Waals surface area contributed by atoms with E-state index in [4.69, 9.17) is 14.2 Å². The van der Waals surface area contributed by atoms with Gasteiger partial charge in [0.25, 0.3) is 11.7 Å². The highest BCUT2D eigenvalue weighted by molar-refractivity contribution is 6.46. The number of methoxy groups -OCH3 is 1. The zero-order valence-corrected chi connectivity index (χ0v) is 27.2. The van der Waals surface area contributed by atoms with Gasteiger partial charge in [0.15, 0.2) is 11.5 Å². The highest BCUT2D eigenvalue weighted by Gasteiger charge is 2.46. The summed E-state index contributed by atoms with van der Waals surface area (Å²) in [6, 6.07) is 31.1. The number of hydrogen-bond acceptors (Lipinski definition) is 7. The van der Waals surface area contributed by atoms with Crippen LogP contribution in [0.2, 0.25) is 0 Å². The Hall–Kier alpha value is -5.08. The van der Waals surface area contributed by atoms with E-state index in [1.54, 1.807) is 48.4 Å². The normalized spacial score (nSPS) is 15.7. The zero-order chi connectivity index (χ0) is 33.2. The highest BCUT2D eigenvalue weighted by Crippen LogP contribution is 2.42. The number of ketones is 1. The molecule has 244 valence electrons. The molecule has 0 aliphatic carbocycles. The molecule has 1 N–H and O–H groups in total. The van der Waals surface area contributed by atoms with Crippen molar-refractivity contribution in [1.29, 1.82) is 0 Å². The van der Waals surface area contributed by atoms with Crippen molar-refractivity contribution in [2.24, 2.45) is 0 Å². The van der Waals surface area contributed by atoms with Crippen molar-refractivity contribution in [3.63, 3.8) is 0 Å². The van der Waals surface area contributed by atoms with Crippen LogP contribution in [0, 0.1) is 0 Å². The van der Waals surface area contributed by atoms with E-state index in [2.05, 4.69) is 18.7 Å². The molecule has 0 spiro atoms. The maximum absolute atomic E-state index is 13.6. The van der Waals surface area contributed by atoms with Gasteiger partial charge in [0.1, 0.15) is 24.7 Å². The summed E-state index contributed by atoms with van der Waals surface area (Å²) >= 11 is 0. The summed E-state index contributed by atoms with van der Waals surface area (Å²) in [5.41, 5.74) is 3.14. The molecule has 1 fully saturated rings. The van der Waals surface area contributed by atoms with Gasteiger partial charge in [0, 0.05) is 12.1 Å². The van der Waals surface area contributed by atoms with Crippen LogP contribution in [0.1, 0.15) is 48.6 Å². The monoisotopic (exact) mass is 634 g/mol. The average molecular weight is 635 g/mol. The number of carbonyl (C=O) groups is 2. The van der Waals surface area contributed by atoms with Gasteiger partial charge in [-0.15, -0.1) is 0 Å². The first kappa shape index (κ1) is 33.3. The Morgan fingerprint density at radius 2 is 1.40 bits per heavy atom. The SMILES string of the molecule is CCN(CC)CCCN1C(=O)C(=O)C(=C(O)c2ccc(OCc3ccccc3)cc2)[C@H]1c1ccc(OCc2ccccc2)c(OC)c1.